The van der Waals surface area contributed by atoms with Crippen LogP contribution in [0.15, 0.2) is 12.1 Å². The molecular weight excluding hydrogens is 212 g/mol. The summed E-state index contributed by atoms with van der Waals surface area (Å²) in [6, 6.07) is 3.93. The first kappa shape index (κ1) is 11.5. The standard InChI is InChI=1S/C13H16N4/c1-7-5-8(2)15-12(14)11(7)13-16-9(3)6-10(4)17-13/h5-6H,1-4H3,(H2,14,15). The molecule has 0 aliphatic rings. The Kier molecular flexibility index (Phi) is 2.79. The molecule has 0 fully saturated rings. The van der Waals surface area contributed by atoms with E-state index in [2.05, 4.69) is 15.0 Å². The van der Waals surface area contributed by atoms with E-state index in [1.165, 1.54) is 0 Å². The van der Waals surface area contributed by atoms with Gasteiger partial charge >= 0.3 is 0 Å². The van der Waals surface area contributed by atoms with Crippen LogP contribution in [0.1, 0.15) is 22.6 Å². The molecule has 0 saturated heterocycles. The third kappa shape index (κ3) is 2.25. The van der Waals surface area contributed by atoms with E-state index >= 15 is 0 Å². The van der Waals surface area contributed by atoms with Crippen LogP contribution >= 0.6 is 0 Å². The lowest BCUT2D eigenvalue weighted by molar-refractivity contribution is 1.05. The highest BCUT2D eigenvalue weighted by Gasteiger charge is 2.12. The van der Waals surface area contributed by atoms with E-state index in [0.29, 0.717) is 11.6 Å². The van der Waals surface area contributed by atoms with Gasteiger partial charge < -0.3 is 5.73 Å². The van der Waals surface area contributed by atoms with Crippen LogP contribution in [0.4, 0.5) is 5.82 Å². The zero-order chi connectivity index (χ0) is 12.6. The van der Waals surface area contributed by atoms with Crippen LogP contribution < -0.4 is 5.73 Å². The van der Waals surface area contributed by atoms with Gasteiger partial charge in [-0.15, -0.1) is 0 Å². The average Bonchev–Trinajstić information content (AvgIpc) is 2.13. The number of nitrogens with zero attached hydrogens (tertiary/aromatic N) is 3. The molecule has 2 rings (SSSR count). The molecule has 4 nitrogen and oxygen atoms in total. The summed E-state index contributed by atoms with van der Waals surface area (Å²) in [7, 11) is 0. The van der Waals surface area contributed by atoms with E-state index in [9.17, 15) is 0 Å². The van der Waals surface area contributed by atoms with E-state index in [4.69, 9.17) is 5.73 Å². The Morgan fingerprint density at radius 1 is 0.824 bits per heavy atom. The van der Waals surface area contributed by atoms with Gasteiger partial charge in [-0.2, -0.15) is 0 Å². The summed E-state index contributed by atoms with van der Waals surface area (Å²) in [5, 5.41) is 0. The molecule has 0 bridgehead atoms. The van der Waals surface area contributed by atoms with Crippen LogP contribution in [-0.2, 0) is 0 Å². The maximum Gasteiger partial charge on any atom is 0.163 e. The maximum absolute atomic E-state index is 5.96. The van der Waals surface area contributed by atoms with E-state index in [0.717, 1.165) is 28.2 Å². The Hall–Kier alpha value is -1.97. The van der Waals surface area contributed by atoms with Crippen LogP contribution in [0.3, 0.4) is 0 Å². The number of pyridine rings is 1. The molecular formula is C13H16N4. The number of anilines is 1. The molecule has 2 N–H and O–H groups in total. The van der Waals surface area contributed by atoms with Crippen molar-refractivity contribution in [1.29, 1.82) is 0 Å². The second kappa shape index (κ2) is 4.13. The predicted octanol–water partition coefficient (Wildman–Crippen LogP) is 2.35. The van der Waals surface area contributed by atoms with Crippen molar-refractivity contribution in [1.82, 2.24) is 15.0 Å². The fraction of sp³-hybridized carbons (Fsp3) is 0.308. The summed E-state index contributed by atoms with van der Waals surface area (Å²) in [5.41, 5.74) is 10.6. The Balaban J connectivity index is 2.68. The molecule has 0 radical (unpaired) electrons. The zero-order valence-electron chi connectivity index (χ0n) is 10.6. The SMILES string of the molecule is Cc1cc(C)nc(-c2c(C)cc(C)nc2N)n1. The minimum absolute atomic E-state index is 0.493. The molecule has 17 heavy (non-hydrogen) atoms. The molecule has 88 valence electrons. The smallest absolute Gasteiger partial charge is 0.163 e. The van der Waals surface area contributed by atoms with Gasteiger partial charge in [-0.05, 0) is 45.4 Å². The largest absolute Gasteiger partial charge is 0.383 e. The van der Waals surface area contributed by atoms with Crippen molar-refractivity contribution in [2.24, 2.45) is 0 Å². The zero-order valence-corrected chi connectivity index (χ0v) is 10.6. The first-order chi connectivity index (χ1) is 7.97. The molecule has 0 aliphatic carbocycles. The molecule has 2 aromatic rings. The Bertz CT molecular complexity index is 532. The van der Waals surface area contributed by atoms with Gasteiger partial charge in [-0.25, -0.2) is 15.0 Å². The summed E-state index contributed by atoms with van der Waals surface area (Å²) in [5.74, 6) is 1.15. The van der Waals surface area contributed by atoms with Crippen LogP contribution in [0.25, 0.3) is 11.4 Å². The van der Waals surface area contributed by atoms with Crippen molar-refractivity contribution in [2.45, 2.75) is 27.7 Å². The normalized spacial score (nSPS) is 10.6. The van der Waals surface area contributed by atoms with Crippen molar-refractivity contribution >= 4 is 5.82 Å². The quantitative estimate of drug-likeness (QED) is 0.813. The monoisotopic (exact) mass is 228 g/mol. The summed E-state index contributed by atoms with van der Waals surface area (Å²) in [4.78, 5) is 13.1. The average molecular weight is 228 g/mol. The highest BCUT2D eigenvalue weighted by atomic mass is 14.9. The Morgan fingerprint density at radius 2 is 1.35 bits per heavy atom. The molecule has 2 aromatic heterocycles. The van der Waals surface area contributed by atoms with Gasteiger partial charge in [0.25, 0.3) is 0 Å². The van der Waals surface area contributed by atoms with Crippen molar-refractivity contribution in [3.05, 3.63) is 34.8 Å². The summed E-state index contributed by atoms with van der Waals surface area (Å²) in [6.45, 7) is 7.83. The predicted molar refractivity (Wildman–Crippen MR) is 68.6 cm³/mol. The van der Waals surface area contributed by atoms with Crippen molar-refractivity contribution < 1.29 is 0 Å². The van der Waals surface area contributed by atoms with Gasteiger partial charge in [0.15, 0.2) is 5.82 Å². The van der Waals surface area contributed by atoms with Crippen molar-refractivity contribution in [3.63, 3.8) is 0 Å². The number of aromatic nitrogens is 3. The van der Waals surface area contributed by atoms with Gasteiger partial charge in [-0.1, -0.05) is 0 Å². The maximum atomic E-state index is 5.96. The van der Waals surface area contributed by atoms with E-state index in [1.807, 2.05) is 39.8 Å². The fourth-order valence-electron chi connectivity index (χ4n) is 1.99. The first-order valence-corrected chi connectivity index (χ1v) is 5.54. The van der Waals surface area contributed by atoms with Gasteiger partial charge in [0, 0.05) is 17.1 Å². The number of aryl methyl sites for hydroxylation is 4. The van der Waals surface area contributed by atoms with Crippen molar-refractivity contribution in [2.75, 3.05) is 5.73 Å². The third-order valence-corrected chi connectivity index (χ3v) is 2.58. The molecule has 0 atom stereocenters. The van der Waals surface area contributed by atoms with Crippen LogP contribution in [0.5, 0.6) is 0 Å². The van der Waals surface area contributed by atoms with Crippen LogP contribution in [0.2, 0.25) is 0 Å². The minimum Gasteiger partial charge on any atom is -0.383 e. The molecule has 0 aromatic carbocycles. The highest BCUT2D eigenvalue weighted by molar-refractivity contribution is 5.72. The number of hydrogen-bond donors (Lipinski definition) is 1. The number of hydrogen-bond acceptors (Lipinski definition) is 4. The third-order valence-electron chi connectivity index (χ3n) is 2.58. The summed E-state index contributed by atoms with van der Waals surface area (Å²) in [6.07, 6.45) is 0. The van der Waals surface area contributed by atoms with Gasteiger partial charge in [-0.3, -0.25) is 0 Å². The minimum atomic E-state index is 0.493. The van der Waals surface area contributed by atoms with Crippen LogP contribution in [-0.4, -0.2) is 15.0 Å². The summed E-state index contributed by atoms with van der Waals surface area (Å²) >= 11 is 0. The highest BCUT2D eigenvalue weighted by Crippen LogP contribution is 2.26. The van der Waals surface area contributed by atoms with E-state index in [-0.39, 0.29) is 0 Å². The van der Waals surface area contributed by atoms with Gasteiger partial charge in [0.2, 0.25) is 0 Å². The molecule has 0 saturated carbocycles. The molecule has 2 heterocycles. The lowest BCUT2D eigenvalue weighted by Crippen LogP contribution is -2.03. The molecule has 0 spiro atoms. The topological polar surface area (TPSA) is 64.7 Å². The fourth-order valence-corrected chi connectivity index (χ4v) is 1.99. The lowest BCUT2D eigenvalue weighted by Gasteiger charge is -2.09. The molecule has 4 heteroatoms. The number of rotatable bonds is 1. The second-order valence-electron chi connectivity index (χ2n) is 4.32. The van der Waals surface area contributed by atoms with E-state index in [1.54, 1.807) is 0 Å². The van der Waals surface area contributed by atoms with E-state index < -0.39 is 0 Å². The molecule has 0 amide bonds. The van der Waals surface area contributed by atoms with Crippen molar-refractivity contribution in [3.8, 4) is 11.4 Å². The molecule has 0 unspecified atom stereocenters. The number of nitrogen functional groups attached to an aromatic ring is 1. The Labute approximate surface area is 101 Å². The van der Waals surface area contributed by atoms with Crippen LogP contribution in [0, 0.1) is 27.7 Å². The Morgan fingerprint density at radius 3 is 1.88 bits per heavy atom. The van der Waals surface area contributed by atoms with Gasteiger partial charge in [0.05, 0.1) is 5.56 Å². The van der Waals surface area contributed by atoms with Gasteiger partial charge in [0.1, 0.15) is 5.82 Å². The lowest BCUT2D eigenvalue weighted by atomic mass is 10.1. The summed E-state index contributed by atoms with van der Waals surface area (Å²) < 4.78 is 0. The second-order valence-corrected chi connectivity index (χ2v) is 4.32. The first-order valence-electron chi connectivity index (χ1n) is 5.54. The number of nitrogens with two attached hydrogens (primary N) is 1. The molecule has 0 aliphatic heterocycles.